The summed E-state index contributed by atoms with van der Waals surface area (Å²) in [6.45, 7) is 6.29. The monoisotopic (exact) mass is 440 g/mol. The van der Waals surface area contributed by atoms with Gasteiger partial charge in [0.1, 0.15) is 5.82 Å². The molecule has 1 aliphatic heterocycles. The van der Waals surface area contributed by atoms with E-state index in [0.29, 0.717) is 6.54 Å². The third-order valence-corrected chi connectivity index (χ3v) is 6.26. The first kappa shape index (κ1) is 21.1. The summed E-state index contributed by atoms with van der Waals surface area (Å²) in [5, 5.41) is 16.6. The zero-order valence-corrected chi connectivity index (χ0v) is 19.0. The van der Waals surface area contributed by atoms with Crippen LogP contribution in [-0.2, 0) is 11.3 Å². The summed E-state index contributed by atoms with van der Waals surface area (Å²) in [7, 11) is 0. The number of aromatic nitrogens is 4. The summed E-state index contributed by atoms with van der Waals surface area (Å²) >= 11 is 0. The predicted molar refractivity (Wildman–Crippen MR) is 129 cm³/mol. The van der Waals surface area contributed by atoms with Gasteiger partial charge in [-0.05, 0) is 50.5 Å². The number of rotatable bonds is 5. The van der Waals surface area contributed by atoms with Crippen molar-refractivity contribution >= 4 is 17.4 Å². The molecule has 0 radical (unpaired) electrons. The van der Waals surface area contributed by atoms with Gasteiger partial charge in [-0.1, -0.05) is 53.6 Å². The zero-order valence-electron chi connectivity index (χ0n) is 19.0. The van der Waals surface area contributed by atoms with E-state index in [4.69, 9.17) is 5.10 Å². The Balaban J connectivity index is 1.24. The van der Waals surface area contributed by atoms with E-state index < -0.39 is 0 Å². The minimum atomic E-state index is 0.0348. The fraction of sp³-hybridized carbons (Fsp3) is 0.308. The van der Waals surface area contributed by atoms with Crippen LogP contribution in [0.5, 0.6) is 0 Å². The van der Waals surface area contributed by atoms with Crippen molar-refractivity contribution in [1.82, 2.24) is 25.1 Å². The van der Waals surface area contributed by atoms with E-state index in [9.17, 15) is 4.79 Å². The van der Waals surface area contributed by atoms with Crippen molar-refractivity contribution in [3.8, 4) is 11.4 Å². The second kappa shape index (κ2) is 9.02. The molecule has 0 aliphatic carbocycles. The van der Waals surface area contributed by atoms with E-state index in [1.165, 1.54) is 11.1 Å². The normalized spacial score (nSPS) is 14.5. The molecule has 1 fully saturated rings. The fourth-order valence-electron chi connectivity index (χ4n) is 4.44. The van der Waals surface area contributed by atoms with E-state index in [-0.39, 0.29) is 11.8 Å². The first-order chi connectivity index (χ1) is 16.1. The third-order valence-electron chi connectivity index (χ3n) is 6.26. The molecule has 33 heavy (non-hydrogen) atoms. The van der Waals surface area contributed by atoms with Crippen molar-refractivity contribution in [2.24, 2.45) is 5.92 Å². The van der Waals surface area contributed by atoms with Gasteiger partial charge < -0.3 is 10.2 Å². The number of piperidine rings is 1. The third kappa shape index (κ3) is 4.58. The van der Waals surface area contributed by atoms with Crippen molar-refractivity contribution < 1.29 is 4.79 Å². The number of carbonyl (C=O) groups is 1. The fourth-order valence-corrected chi connectivity index (χ4v) is 4.44. The lowest BCUT2D eigenvalue weighted by atomic mass is 9.96. The molecule has 0 atom stereocenters. The van der Waals surface area contributed by atoms with E-state index >= 15 is 0 Å². The van der Waals surface area contributed by atoms with Crippen LogP contribution < -0.4 is 10.2 Å². The van der Waals surface area contributed by atoms with E-state index in [0.717, 1.165) is 54.3 Å². The Morgan fingerprint density at radius 3 is 2.48 bits per heavy atom. The number of nitrogens with zero attached hydrogens (tertiary/aromatic N) is 5. The van der Waals surface area contributed by atoms with Crippen LogP contribution >= 0.6 is 0 Å². The van der Waals surface area contributed by atoms with Gasteiger partial charge in [-0.15, -0.1) is 15.3 Å². The SMILES string of the molecule is Cc1cccc(CNC(=O)C2CCN(c3ccc4nnc(-c5cccc(C)c5)n4n3)CC2)c1. The topological polar surface area (TPSA) is 75.4 Å². The van der Waals surface area contributed by atoms with E-state index in [2.05, 4.69) is 58.5 Å². The molecule has 2 aromatic heterocycles. The summed E-state index contributed by atoms with van der Waals surface area (Å²) in [4.78, 5) is 14.9. The van der Waals surface area contributed by atoms with Gasteiger partial charge in [-0.25, -0.2) is 0 Å². The van der Waals surface area contributed by atoms with Crippen LogP contribution in [0, 0.1) is 19.8 Å². The van der Waals surface area contributed by atoms with Crippen LogP contribution in [0.25, 0.3) is 17.0 Å². The van der Waals surface area contributed by atoms with Gasteiger partial charge >= 0.3 is 0 Å². The highest BCUT2D eigenvalue weighted by Gasteiger charge is 2.26. The Labute approximate surface area is 193 Å². The van der Waals surface area contributed by atoms with Gasteiger partial charge in [0, 0.05) is 31.1 Å². The molecule has 1 amide bonds. The van der Waals surface area contributed by atoms with Crippen molar-refractivity contribution in [2.45, 2.75) is 33.2 Å². The maximum absolute atomic E-state index is 12.7. The Morgan fingerprint density at radius 2 is 1.73 bits per heavy atom. The number of amides is 1. The molecule has 5 rings (SSSR count). The lowest BCUT2D eigenvalue weighted by Gasteiger charge is -2.32. The second-order valence-electron chi connectivity index (χ2n) is 8.82. The minimum absolute atomic E-state index is 0.0348. The van der Waals surface area contributed by atoms with Gasteiger partial charge in [-0.3, -0.25) is 4.79 Å². The molecule has 1 N–H and O–H groups in total. The Hall–Kier alpha value is -3.74. The van der Waals surface area contributed by atoms with Crippen LogP contribution in [0.2, 0.25) is 0 Å². The van der Waals surface area contributed by atoms with Crippen LogP contribution in [0.4, 0.5) is 5.82 Å². The van der Waals surface area contributed by atoms with Gasteiger partial charge in [0.25, 0.3) is 0 Å². The summed E-state index contributed by atoms with van der Waals surface area (Å²) in [6.07, 6.45) is 1.62. The van der Waals surface area contributed by atoms with Gasteiger partial charge in [0.2, 0.25) is 5.91 Å². The van der Waals surface area contributed by atoms with E-state index in [1.54, 1.807) is 0 Å². The highest BCUT2D eigenvalue weighted by atomic mass is 16.1. The number of fused-ring (bicyclic) bond motifs is 1. The average molecular weight is 441 g/mol. The lowest BCUT2D eigenvalue weighted by molar-refractivity contribution is -0.125. The number of nitrogens with one attached hydrogen (secondary N) is 1. The molecule has 168 valence electrons. The Kier molecular flexibility index (Phi) is 5.77. The largest absolute Gasteiger partial charge is 0.355 e. The summed E-state index contributed by atoms with van der Waals surface area (Å²) in [6, 6.07) is 20.4. The van der Waals surface area contributed by atoms with Crippen molar-refractivity contribution in [3.05, 3.63) is 77.4 Å². The van der Waals surface area contributed by atoms with Gasteiger partial charge in [0.15, 0.2) is 11.5 Å². The molecule has 0 unspecified atom stereocenters. The number of benzene rings is 2. The molecule has 0 bridgehead atoms. The highest BCUT2D eigenvalue weighted by molar-refractivity contribution is 5.79. The quantitative estimate of drug-likeness (QED) is 0.509. The molecule has 7 nitrogen and oxygen atoms in total. The first-order valence-corrected chi connectivity index (χ1v) is 11.4. The number of aryl methyl sites for hydroxylation is 2. The summed E-state index contributed by atoms with van der Waals surface area (Å²) in [5.74, 6) is 1.79. The summed E-state index contributed by atoms with van der Waals surface area (Å²) in [5.41, 5.74) is 5.23. The van der Waals surface area contributed by atoms with Gasteiger partial charge in [-0.2, -0.15) is 4.52 Å². The van der Waals surface area contributed by atoms with Crippen LogP contribution in [0.15, 0.2) is 60.7 Å². The molecule has 0 saturated carbocycles. The molecule has 2 aromatic carbocycles. The van der Waals surface area contributed by atoms with Crippen LogP contribution in [0.1, 0.15) is 29.5 Å². The van der Waals surface area contributed by atoms with Crippen molar-refractivity contribution in [2.75, 3.05) is 18.0 Å². The molecular formula is C26H28N6O. The van der Waals surface area contributed by atoms with Crippen molar-refractivity contribution in [3.63, 3.8) is 0 Å². The van der Waals surface area contributed by atoms with Gasteiger partial charge in [0.05, 0.1) is 0 Å². The average Bonchev–Trinajstić information content (AvgIpc) is 3.26. The smallest absolute Gasteiger partial charge is 0.223 e. The first-order valence-electron chi connectivity index (χ1n) is 11.4. The highest BCUT2D eigenvalue weighted by Crippen LogP contribution is 2.24. The van der Waals surface area contributed by atoms with Crippen molar-refractivity contribution in [1.29, 1.82) is 0 Å². The predicted octanol–water partition coefficient (Wildman–Crippen LogP) is 3.94. The number of hydrogen-bond donors (Lipinski definition) is 1. The Morgan fingerprint density at radius 1 is 0.970 bits per heavy atom. The van der Waals surface area contributed by atoms with E-state index in [1.807, 2.05) is 40.9 Å². The second-order valence-corrected chi connectivity index (χ2v) is 8.82. The molecule has 7 heteroatoms. The molecule has 4 aromatic rings. The maximum atomic E-state index is 12.7. The molecule has 0 spiro atoms. The molecular weight excluding hydrogens is 412 g/mol. The molecule has 1 aliphatic rings. The maximum Gasteiger partial charge on any atom is 0.223 e. The van der Waals surface area contributed by atoms with Crippen LogP contribution in [-0.4, -0.2) is 38.8 Å². The lowest BCUT2D eigenvalue weighted by Crippen LogP contribution is -2.40. The molecule has 3 heterocycles. The molecule has 1 saturated heterocycles. The number of hydrogen-bond acceptors (Lipinski definition) is 5. The van der Waals surface area contributed by atoms with Crippen LogP contribution in [0.3, 0.4) is 0 Å². The minimum Gasteiger partial charge on any atom is -0.355 e. The zero-order chi connectivity index (χ0) is 22.8. The summed E-state index contributed by atoms with van der Waals surface area (Å²) < 4.78 is 1.81. The number of anilines is 1. The Bertz CT molecular complexity index is 1290. The number of carbonyl (C=O) groups excluding carboxylic acids is 1. The standard InChI is InChI=1S/C26H28N6O/c1-18-5-3-7-20(15-18)17-27-26(33)21-11-13-31(14-12-21)24-10-9-23-28-29-25(32(23)30-24)22-8-4-6-19(2)16-22/h3-10,15-16,21H,11-14,17H2,1-2H3,(H,27,33).